The van der Waals surface area contributed by atoms with Crippen molar-refractivity contribution < 1.29 is 14.3 Å². The number of nitrogens with two attached hydrogens (primary N) is 1. The number of nitrogens with one attached hydrogen (secondary N) is 1. The fourth-order valence-corrected chi connectivity index (χ4v) is 4.41. The summed E-state index contributed by atoms with van der Waals surface area (Å²) in [6, 6.07) is -0.00106. The molecule has 2 fully saturated rings. The van der Waals surface area contributed by atoms with E-state index in [-0.39, 0.29) is 23.8 Å². The van der Waals surface area contributed by atoms with Crippen molar-refractivity contribution in [1.82, 2.24) is 15.1 Å². The van der Waals surface area contributed by atoms with Gasteiger partial charge in [0.15, 0.2) is 0 Å². The van der Waals surface area contributed by atoms with Gasteiger partial charge < -0.3 is 25.6 Å². The van der Waals surface area contributed by atoms with Crippen LogP contribution in [0.1, 0.15) is 58.8 Å². The lowest BCUT2D eigenvalue weighted by molar-refractivity contribution is -0.138. The lowest BCUT2D eigenvalue weighted by Gasteiger charge is -2.39. The maximum Gasteiger partial charge on any atom is 0.269 e. The summed E-state index contributed by atoms with van der Waals surface area (Å²) in [5.74, 6) is 0.420. The largest absolute Gasteiger partial charge is 0.395 e. The third kappa shape index (κ3) is 7.58. The van der Waals surface area contributed by atoms with Crippen molar-refractivity contribution in [3.63, 3.8) is 0 Å². The molecule has 0 spiro atoms. The highest BCUT2D eigenvalue weighted by Gasteiger charge is 2.35. The predicted octanol–water partition coefficient (Wildman–Crippen LogP) is 2.12. The number of carbonyl (C=O) groups is 2. The Morgan fingerprint density at radius 2 is 1.93 bits per heavy atom. The van der Waals surface area contributed by atoms with Gasteiger partial charge in [-0.3, -0.25) is 9.59 Å². The highest BCUT2D eigenvalue weighted by atomic mass is 16.5. The molecule has 1 unspecified atom stereocenters. The summed E-state index contributed by atoms with van der Waals surface area (Å²) in [7, 11) is 1.71. The number of methoxy groups -OCH3 is 1. The fourth-order valence-electron chi connectivity index (χ4n) is 4.41. The van der Waals surface area contributed by atoms with Crippen LogP contribution in [0.25, 0.3) is 0 Å². The Hall–Kier alpha value is -1.60. The first-order valence-electron chi connectivity index (χ1n) is 11.7. The van der Waals surface area contributed by atoms with Gasteiger partial charge in [-0.05, 0) is 44.4 Å². The highest BCUT2D eigenvalue weighted by Crippen LogP contribution is 2.22. The van der Waals surface area contributed by atoms with Gasteiger partial charge in [-0.15, -0.1) is 0 Å². The number of amides is 2. The number of ether oxygens (including phenoxy) is 1. The van der Waals surface area contributed by atoms with Gasteiger partial charge in [0.1, 0.15) is 0 Å². The lowest BCUT2D eigenvalue weighted by atomic mass is 9.92. The molecule has 2 amide bonds. The summed E-state index contributed by atoms with van der Waals surface area (Å²) in [5.41, 5.74) is 6.51. The predicted molar refractivity (Wildman–Crippen MR) is 120 cm³/mol. The van der Waals surface area contributed by atoms with Gasteiger partial charge in [0.25, 0.3) is 5.91 Å². The van der Waals surface area contributed by atoms with E-state index < -0.39 is 0 Å². The molecule has 7 nitrogen and oxygen atoms in total. The number of nitrogens with zero attached hydrogens (tertiary/aromatic N) is 2. The van der Waals surface area contributed by atoms with Gasteiger partial charge in [0, 0.05) is 52.5 Å². The molecule has 2 aliphatic rings. The van der Waals surface area contributed by atoms with Crippen LogP contribution < -0.4 is 11.1 Å². The zero-order chi connectivity index (χ0) is 21.9. The number of carbonyl (C=O) groups excluding carboxylic acids is 2. The van der Waals surface area contributed by atoms with Crippen molar-refractivity contribution >= 4 is 11.8 Å². The van der Waals surface area contributed by atoms with Gasteiger partial charge in [-0.25, -0.2) is 0 Å². The molecule has 0 bridgehead atoms. The van der Waals surface area contributed by atoms with E-state index in [0.717, 1.165) is 58.2 Å². The third-order valence-electron chi connectivity index (χ3n) is 6.02. The molecule has 7 heteroatoms. The second kappa shape index (κ2) is 13.0. The van der Waals surface area contributed by atoms with Crippen LogP contribution in [-0.4, -0.2) is 74.1 Å². The fraction of sp³-hybridized carbons (Fsp3) is 0.826. The number of hydrogen-bond donors (Lipinski definition) is 2. The van der Waals surface area contributed by atoms with Gasteiger partial charge in [-0.1, -0.05) is 26.3 Å². The maximum atomic E-state index is 13.2. The van der Waals surface area contributed by atoms with Crippen molar-refractivity contribution in [2.24, 2.45) is 17.6 Å². The summed E-state index contributed by atoms with van der Waals surface area (Å²) >= 11 is 0. The van der Waals surface area contributed by atoms with E-state index in [9.17, 15) is 9.59 Å². The van der Waals surface area contributed by atoms with Crippen molar-refractivity contribution in [2.45, 2.75) is 64.8 Å². The van der Waals surface area contributed by atoms with Crippen molar-refractivity contribution in [3.8, 4) is 0 Å². The van der Waals surface area contributed by atoms with E-state index >= 15 is 0 Å². The van der Waals surface area contributed by atoms with E-state index in [1.54, 1.807) is 7.11 Å². The van der Waals surface area contributed by atoms with Crippen LogP contribution in [0.3, 0.4) is 0 Å². The Morgan fingerprint density at radius 3 is 2.60 bits per heavy atom. The average molecular weight is 423 g/mol. The summed E-state index contributed by atoms with van der Waals surface area (Å²) in [6.45, 7) is 8.79. The smallest absolute Gasteiger partial charge is 0.269 e. The Kier molecular flexibility index (Phi) is 10.6. The first-order chi connectivity index (χ1) is 14.4. The molecule has 0 aromatic rings. The molecule has 0 aromatic heterocycles. The number of hydrogen-bond acceptors (Lipinski definition) is 5. The summed E-state index contributed by atoms with van der Waals surface area (Å²) in [4.78, 5) is 29.9. The molecular formula is C23H42N4O3. The SMILES string of the molecule is COCCCCC/C=C(/N)C(=O)N(CC(C)C)[C@@H]1CNCC(C(=O)N2CCCC2)C1. The summed E-state index contributed by atoms with van der Waals surface area (Å²) in [6.07, 6.45) is 8.66. The van der Waals surface area contributed by atoms with Crippen LogP contribution in [0.4, 0.5) is 0 Å². The molecule has 2 heterocycles. The zero-order valence-electron chi connectivity index (χ0n) is 19.2. The van der Waals surface area contributed by atoms with Crippen molar-refractivity contribution in [3.05, 3.63) is 11.8 Å². The van der Waals surface area contributed by atoms with Crippen LogP contribution in [0, 0.1) is 11.8 Å². The Balaban J connectivity index is 1.97. The number of piperidine rings is 1. The first kappa shape index (κ1) is 24.7. The Labute approximate surface area is 182 Å². The van der Waals surface area contributed by atoms with Gasteiger partial charge in [-0.2, -0.15) is 0 Å². The van der Waals surface area contributed by atoms with Crippen LogP contribution in [0.15, 0.2) is 11.8 Å². The number of rotatable bonds is 11. The zero-order valence-corrected chi connectivity index (χ0v) is 19.2. The minimum Gasteiger partial charge on any atom is -0.395 e. The quantitative estimate of drug-likeness (QED) is 0.393. The number of unbranched alkanes of at least 4 members (excludes halogenated alkanes) is 3. The summed E-state index contributed by atoms with van der Waals surface area (Å²) in [5, 5.41) is 3.40. The van der Waals surface area contributed by atoms with E-state index in [1.807, 2.05) is 15.9 Å². The molecule has 2 rings (SSSR count). The monoisotopic (exact) mass is 422 g/mol. The van der Waals surface area contributed by atoms with E-state index in [0.29, 0.717) is 37.7 Å². The molecule has 172 valence electrons. The molecule has 0 aliphatic carbocycles. The Morgan fingerprint density at radius 1 is 1.20 bits per heavy atom. The minimum absolute atomic E-state index is 0.00106. The second-order valence-electron chi connectivity index (χ2n) is 9.13. The van der Waals surface area contributed by atoms with Crippen molar-refractivity contribution in [1.29, 1.82) is 0 Å². The molecule has 2 saturated heterocycles. The van der Waals surface area contributed by atoms with Crippen molar-refractivity contribution in [2.75, 3.05) is 46.4 Å². The van der Waals surface area contributed by atoms with Crippen LogP contribution >= 0.6 is 0 Å². The van der Waals surface area contributed by atoms with Crippen LogP contribution in [0.2, 0.25) is 0 Å². The molecule has 30 heavy (non-hydrogen) atoms. The van der Waals surface area contributed by atoms with E-state index in [1.165, 1.54) is 0 Å². The van der Waals surface area contributed by atoms with Crippen LogP contribution in [0.5, 0.6) is 0 Å². The lowest BCUT2D eigenvalue weighted by Crippen LogP contribution is -2.55. The molecule has 0 radical (unpaired) electrons. The molecule has 2 aliphatic heterocycles. The molecule has 0 aromatic carbocycles. The molecule has 0 saturated carbocycles. The van der Waals surface area contributed by atoms with Gasteiger partial charge >= 0.3 is 0 Å². The highest BCUT2D eigenvalue weighted by molar-refractivity contribution is 5.92. The topological polar surface area (TPSA) is 87.9 Å². The normalized spacial score (nSPS) is 22.5. The number of allylic oxidation sites excluding steroid dienone is 1. The minimum atomic E-state index is -0.0957. The summed E-state index contributed by atoms with van der Waals surface area (Å²) < 4.78 is 5.07. The maximum absolute atomic E-state index is 13.2. The third-order valence-corrected chi connectivity index (χ3v) is 6.02. The van der Waals surface area contributed by atoms with Crippen LogP contribution in [-0.2, 0) is 14.3 Å². The molecule has 2 atom stereocenters. The van der Waals surface area contributed by atoms with Gasteiger partial charge in [0.05, 0.1) is 11.6 Å². The first-order valence-corrected chi connectivity index (χ1v) is 11.7. The molecule has 3 N–H and O–H groups in total. The molecular weight excluding hydrogens is 380 g/mol. The second-order valence-corrected chi connectivity index (χ2v) is 9.13. The Bertz CT molecular complexity index is 573. The van der Waals surface area contributed by atoms with Gasteiger partial charge in [0.2, 0.25) is 5.91 Å². The van der Waals surface area contributed by atoms with E-state index in [4.69, 9.17) is 10.5 Å². The standard InChI is InChI=1S/C23H42N4O3/c1-18(2)17-27(23(29)21(24)10-6-4-5-9-13-30-3)20-14-19(15-25-16-20)22(28)26-11-7-8-12-26/h10,18-20,25H,4-9,11-17,24H2,1-3H3/b21-10+/t19?,20-/m0/s1. The average Bonchev–Trinajstić information content (AvgIpc) is 3.28. The number of likely N-dealkylation sites (tertiary alicyclic amines) is 1. The van der Waals surface area contributed by atoms with E-state index in [2.05, 4.69) is 19.2 Å².